The van der Waals surface area contributed by atoms with Gasteiger partial charge in [-0.2, -0.15) is 9.97 Å². The zero-order valence-electron chi connectivity index (χ0n) is 29.3. The second kappa shape index (κ2) is 19.3. The molecule has 5 N–H and O–H groups in total. The molecule has 0 saturated carbocycles. The van der Waals surface area contributed by atoms with E-state index in [1.54, 1.807) is 36.4 Å². The number of aromatic nitrogens is 2. The molecule has 0 unspecified atom stereocenters. The molecule has 14 heteroatoms. The lowest BCUT2D eigenvalue weighted by atomic mass is 9.95. The molecule has 2 atom stereocenters. The van der Waals surface area contributed by atoms with E-state index in [-0.39, 0.29) is 50.9 Å². The molecule has 0 aliphatic carbocycles. The van der Waals surface area contributed by atoms with Gasteiger partial charge in [-0.1, -0.05) is 36.4 Å². The SMILES string of the molecule is COc1nc(OCc2cccc(-c3cccc(COc4ccc(CNC[C@@H](O)CC(=O)O)c(OC)n4)c3F)c2C)ccc1CCC[C@@H](O)CC(=O)O. The van der Waals surface area contributed by atoms with Gasteiger partial charge in [-0.05, 0) is 55.0 Å². The topological polar surface area (TPSA) is 190 Å². The number of methoxy groups -OCH3 is 2. The largest absolute Gasteiger partial charge is 0.481 e. The summed E-state index contributed by atoms with van der Waals surface area (Å²) in [6.07, 6.45) is -1.16. The van der Waals surface area contributed by atoms with Crippen LogP contribution in [0, 0.1) is 12.7 Å². The number of carboxylic acid groups (broad SMARTS) is 2. The van der Waals surface area contributed by atoms with Gasteiger partial charge in [0.2, 0.25) is 23.5 Å². The predicted octanol–water partition coefficient (Wildman–Crippen LogP) is 4.85. The fourth-order valence-corrected chi connectivity index (χ4v) is 5.56. The number of aliphatic carboxylic acids is 2. The number of rotatable bonds is 21. The van der Waals surface area contributed by atoms with Gasteiger partial charge in [-0.15, -0.1) is 0 Å². The number of pyridine rings is 2. The van der Waals surface area contributed by atoms with Crippen LogP contribution >= 0.6 is 0 Å². The molecule has 4 rings (SSSR count). The summed E-state index contributed by atoms with van der Waals surface area (Å²) in [5.74, 6) is -1.35. The Morgan fingerprint density at radius 2 is 1.31 bits per heavy atom. The number of aliphatic hydroxyl groups excluding tert-OH is 2. The van der Waals surface area contributed by atoms with E-state index < -0.39 is 30.0 Å². The van der Waals surface area contributed by atoms with Crippen LogP contribution in [-0.4, -0.2) is 75.3 Å². The summed E-state index contributed by atoms with van der Waals surface area (Å²) >= 11 is 0. The molecule has 52 heavy (non-hydrogen) atoms. The average molecular weight is 722 g/mol. The zero-order chi connectivity index (χ0) is 37.6. The minimum atomic E-state index is -1.09. The molecule has 0 aliphatic rings. The Bertz CT molecular complexity index is 1690. The van der Waals surface area contributed by atoms with Gasteiger partial charge in [0.25, 0.3) is 0 Å². The Hall–Kier alpha value is -5.31. The van der Waals surface area contributed by atoms with Crippen molar-refractivity contribution < 1.29 is 53.4 Å². The van der Waals surface area contributed by atoms with Crippen LogP contribution in [0.3, 0.4) is 0 Å². The van der Waals surface area contributed by atoms with Gasteiger partial charge in [-0.3, -0.25) is 9.59 Å². The lowest BCUT2D eigenvalue weighted by Gasteiger charge is -2.16. The monoisotopic (exact) mass is 721 g/mol. The number of halogens is 1. The van der Waals surface area contributed by atoms with Crippen molar-refractivity contribution in [2.24, 2.45) is 0 Å². The maximum atomic E-state index is 15.9. The number of carboxylic acids is 2. The van der Waals surface area contributed by atoms with E-state index in [2.05, 4.69) is 15.3 Å². The molecule has 2 heterocycles. The molecule has 0 bridgehead atoms. The molecule has 0 fully saturated rings. The summed E-state index contributed by atoms with van der Waals surface area (Å²) in [4.78, 5) is 30.4. The Labute approximate surface area is 301 Å². The van der Waals surface area contributed by atoms with Crippen molar-refractivity contribution in [2.75, 3.05) is 20.8 Å². The minimum Gasteiger partial charge on any atom is -0.481 e. The highest BCUT2D eigenvalue weighted by Crippen LogP contribution is 2.31. The quantitative estimate of drug-likeness (QED) is 0.0786. The normalized spacial score (nSPS) is 12.2. The number of aryl methyl sites for hydroxylation is 1. The maximum Gasteiger partial charge on any atom is 0.306 e. The molecule has 0 saturated heterocycles. The third kappa shape index (κ3) is 11.4. The number of benzene rings is 2. The highest BCUT2D eigenvalue weighted by atomic mass is 19.1. The van der Waals surface area contributed by atoms with Gasteiger partial charge < -0.3 is 44.7 Å². The summed E-state index contributed by atoms with van der Waals surface area (Å²) in [6, 6.07) is 17.6. The van der Waals surface area contributed by atoms with Crippen LogP contribution in [0.15, 0.2) is 60.7 Å². The fraction of sp³-hybridized carbons (Fsp3) is 0.368. The summed E-state index contributed by atoms with van der Waals surface area (Å²) < 4.78 is 38.6. The van der Waals surface area contributed by atoms with Crippen LogP contribution in [0.2, 0.25) is 0 Å². The van der Waals surface area contributed by atoms with Gasteiger partial charge in [-0.25, -0.2) is 4.39 Å². The maximum absolute atomic E-state index is 15.9. The number of ether oxygens (including phenoxy) is 4. The van der Waals surface area contributed by atoms with E-state index in [4.69, 9.17) is 29.2 Å². The molecule has 0 spiro atoms. The Kier molecular flexibility index (Phi) is 14.7. The Balaban J connectivity index is 1.39. The van der Waals surface area contributed by atoms with Crippen LogP contribution < -0.4 is 24.3 Å². The highest BCUT2D eigenvalue weighted by Gasteiger charge is 2.17. The van der Waals surface area contributed by atoms with Gasteiger partial charge in [0.05, 0.1) is 39.3 Å². The molecule has 2 aromatic carbocycles. The van der Waals surface area contributed by atoms with Crippen molar-refractivity contribution in [1.29, 1.82) is 0 Å². The Morgan fingerprint density at radius 3 is 1.94 bits per heavy atom. The highest BCUT2D eigenvalue weighted by molar-refractivity contribution is 5.70. The molecule has 0 radical (unpaired) electrons. The van der Waals surface area contributed by atoms with Crippen molar-refractivity contribution in [2.45, 2.75) is 71.0 Å². The first-order valence-electron chi connectivity index (χ1n) is 16.7. The number of nitrogens with zero attached hydrogens (tertiary/aromatic N) is 2. The van der Waals surface area contributed by atoms with Gasteiger partial charge >= 0.3 is 11.9 Å². The molecule has 0 amide bonds. The number of carbonyl (C=O) groups is 2. The molecule has 278 valence electrons. The lowest BCUT2D eigenvalue weighted by molar-refractivity contribution is -0.140. The van der Waals surface area contributed by atoms with E-state index in [0.717, 1.165) is 16.7 Å². The first-order chi connectivity index (χ1) is 25.0. The van der Waals surface area contributed by atoms with E-state index in [1.165, 1.54) is 14.2 Å². The number of hydrogen-bond acceptors (Lipinski definition) is 11. The minimum absolute atomic E-state index is 0.0768. The van der Waals surface area contributed by atoms with Crippen LogP contribution in [0.4, 0.5) is 4.39 Å². The number of hydrogen-bond donors (Lipinski definition) is 5. The summed E-state index contributed by atoms with van der Waals surface area (Å²) in [5, 5.41) is 40.2. The third-order valence-electron chi connectivity index (χ3n) is 8.28. The van der Waals surface area contributed by atoms with Gasteiger partial charge in [0, 0.05) is 47.5 Å². The van der Waals surface area contributed by atoms with Crippen molar-refractivity contribution in [3.8, 4) is 34.6 Å². The lowest BCUT2D eigenvalue weighted by Crippen LogP contribution is -2.28. The van der Waals surface area contributed by atoms with Crippen LogP contribution in [0.25, 0.3) is 11.1 Å². The second-order valence-electron chi connectivity index (χ2n) is 12.1. The summed E-state index contributed by atoms with van der Waals surface area (Å²) in [5.41, 5.74) is 4.55. The third-order valence-corrected chi connectivity index (χ3v) is 8.28. The predicted molar refractivity (Wildman–Crippen MR) is 188 cm³/mol. The standard InChI is InChI=1S/C38H44FN3O10/c1-23-26(21-51-32-15-13-24(37(41-32)49-2)7-4-10-28(43)17-34(45)46)8-5-11-30(23)31-12-6-9-27(36(31)39)22-52-33-16-14-25(38(42-33)50-3)19-40-20-29(44)18-35(47)48/h5-6,8-9,11-16,28-29,40,43-44H,4,7,10,17-22H2,1-3H3,(H,45,46)(H,47,48)/t28-,29+/m1/s1. The molecule has 13 nitrogen and oxygen atoms in total. The van der Waals surface area contributed by atoms with E-state index in [0.29, 0.717) is 53.3 Å². The smallest absolute Gasteiger partial charge is 0.306 e. The summed E-state index contributed by atoms with van der Waals surface area (Å²) in [7, 11) is 2.95. The summed E-state index contributed by atoms with van der Waals surface area (Å²) in [6.45, 7) is 2.32. The number of nitrogens with one attached hydrogen (secondary N) is 1. The van der Waals surface area contributed by atoms with Crippen molar-refractivity contribution in [1.82, 2.24) is 15.3 Å². The van der Waals surface area contributed by atoms with Crippen LogP contribution in [0.5, 0.6) is 23.5 Å². The molecule has 2 aromatic heterocycles. The second-order valence-corrected chi connectivity index (χ2v) is 12.1. The zero-order valence-corrected chi connectivity index (χ0v) is 29.3. The number of aliphatic hydroxyl groups is 2. The van der Waals surface area contributed by atoms with Gasteiger partial charge in [0.1, 0.15) is 19.0 Å². The molecular formula is C38H44FN3O10. The first kappa shape index (κ1) is 39.5. The van der Waals surface area contributed by atoms with Crippen LogP contribution in [-0.2, 0) is 35.8 Å². The molecule has 0 aliphatic heterocycles. The molecule has 4 aromatic rings. The van der Waals surface area contributed by atoms with Gasteiger partial charge in [0.15, 0.2) is 0 Å². The van der Waals surface area contributed by atoms with E-state index in [1.807, 2.05) is 31.2 Å². The first-order valence-corrected chi connectivity index (χ1v) is 16.7. The Morgan fingerprint density at radius 1 is 0.750 bits per heavy atom. The van der Waals surface area contributed by atoms with Crippen molar-refractivity contribution in [3.05, 3.63) is 94.3 Å². The fourth-order valence-electron chi connectivity index (χ4n) is 5.56. The average Bonchev–Trinajstić information content (AvgIpc) is 3.11. The van der Waals surface area contributed by atoms with Crippen molar-refractivity contribution in [3.63, 3.8) is 0 Å². The molecular weight excluding hydrogens is 677 g/mol. The van der Waals surface area contributed by atoms with Crippen LogP contribution in [0.1, 0.15) is 53.5 Å². The van der Waals surface area contributed by atoms with E-state index in [9.17, 15) is 19.8 Å². The van der Waals surface area contributed by atoms with Crippen molar-refractivity contribution >= 4 is 11.9 Å². The van der Waals surface area contributed by atoms with E-state index >= 15 is 4.39 Å².